The number of nitrogens with one attached hydrogen (secondary N) is 2. The number of halogens is 1. The second-order valence-electron chi connectivity index (χ2n) is 6.66. The first-order valence-electron chi connectivity index (χ1n) is 10.0. The predicted molar refractivity (Wildman–Crippen MR) is 124 cm³/mol. The van der Waals surface area contributed by atoms with Gasteiger partial charge in [-0.2, -0.15) is 5.10 Å². The summed E-state index contributed by atoms with van der Waals surface area (Å²) in [6, 6.07) is 5.85. The Hall–Kier alpha value is -1.72. The zero-order valence-corrected chi connectivity index (χ0v) is 19.2. The third-order valence-electron chi connectivity index (χ3n) is 4.40. The molecule has 1 saturated heterocycles. The fourth-order valence-electron chi connectivity index (χ4n) is 2.97. The number of nitrogens with zero attached hydrogens (tertiary/aromatic N) is 4. The standard InChI is InChI=1S/C20H30N6O2.HI/c1-2-21-20(23-8-5-12-27-16-18-6-3-13-28-18)24-15-17-7-10-22-19(14-17)26-11-4-9-25-26;/h4,7,9-11,14,18H,2-3,5-6,8,12-13,15-16H2,1H3,(H2,21,23,24);1H. The number of aliphatic imine (C=N–C) groups is 1. The Labute approximate surface area is 189 Å². The topological polar surface area (TPSA) is 85.6 Å². The molecule has 0 amide bonds. The maximum absolute atomic E-state index is 5.70. The predicted octanol–water partition coefficient (Wildman–Crippen LogP) is 2.53. The molecule has 2 aromatic heterocycles. The van der Waals surface area contributed by atoms with Gasteiger partial charge >= 0.3 is 0 Å². The van der Waals surface area contributed by atoms with Crippen molar-refractivity contribution in [1.29, 1.82) is 0 Å². The number of hydrogen-bond acceptors (Lipinski definition) is 5. The van der Waals surface area contributed by atoms with Crippen LogP contribution in [0.2, 0.25) is 0 Å². The van der Waals surface area contributed by atoms with Crippen molar-refractivity contribution in [2.24, 2.45) is 4.99 Å². The van der Waals surface area contributed by atoms with E-state index in [0.29, 0.717) is 19.3 Å². The van der Waals surface area contributed by atoms with Gasteiger partial charge in [0, 0.05) is 44.9 Å². The van der Waals surface area contributed by atoms with E-state index in [9.17, 15) is 0 Å². The minimum Gasteiger partial charge on any atom is -0.379 e. The van der Waals surface area contributed by atoms with Crippen LogP contribution < -0.4 is 10.6 Å². The van der Waals surface area contributed by atoms with E-state index in [4.69, 9.17) is 9.47 Å². The van der Waals surface area contributed by atoms with Gasteiger partial charge < -0.3 is 20.1 Å². The van der Waals surface area contributed by atoms with Gasteiger partial charge in [-0.3, -0.25) is 0 Å². The molecule has 2 N–H and O–H groups in total. The molecule has 8 nitrogen and oxygen atoms in total. The molecule has 1 atom stereocenters. The normalized spacial score (nSPS) is 16.4. The molecule has 29 heavy (non-hydrogen) atoms. The van der Waals surface area contributed by atoms with E-state index in [1.807, 2.05) is 24.4 Å². The lowest BCUT2D eigenvalue weighted by Crippen LogP contribution is -2.38. The van der Waals surface area contributed by atoms with E-state index >= 15 is 0 Å². The first kappa shape index (κ1) is 23.6. The minimum absolute atomic E-state index is 0. The average molecular weight is 514 g/mol. The maximum atomic E-state index is 5.70. The summed E-state index contributed by atoms with van der Waals surface area (Å²) in [6.45, 7) is 6.56. The Morgan fingerprint density at radius 2 is 2.31 bits per heavy atom. The summed E-state index contributed by atoms with van der Waals surface area (Å²) < 4.78 is 13.0. The van der Waals surface area contributed by atoms with Crippen molar-refractivity contribution >= 4 is 29.9 Å². The average Bonchev–Trinajstić information content (AvgIpc) is 3.43. The van der Waals surface area contributed by atoms with Crippen LogP contribution in [0.1, 0.15) is 31.7 Å². The summed E-state index contributed by atoms with van der Waals surface area (Å²) in [6.07, 6.45) is 8.89. The molecule has 1 fully saturated rings. The molecule has 1 aliphatic heterocycles. The summed E-state index contributed by atoms with van der Waals surface area (Å²) in [5.41, 5.74) is 1.08. The Kier molecular flexibility index (Phi) is 11.0. The molecule has 1 unspecified atom stereocenters. The second kappa shape index (κ2) is 13.5. The Balaban J connectivity index is 0.00000300. The lowest BCUT2D eigenvalue weighted by molar-refractivity contribution is 0.0168. The van der Waals surface area contributed by atoms with Gasteiger partial charge in [-0.15, -0.1) is 24.0 Å². The number of guanidine groups is 1. The second-order valence-corrected chi connectivity index (χ2v) is 6.66. The van der Waals surface area contributed by atoms with Crippen LogP contribution in [0, 0.1) is 0 Å². The summed E-state index contributed by atoms with van der Waals surface area (Å²) in [5, 5.41) is 10.8. The van der Waals surface area contributed by atoms with Crippen LogP contribution in [0.4, 0.5) is 0 Å². The Morgan fingerprint density at radius 3 is 3.07 bits per heavy atom. The van der Waals surface area contributed by atoms with Crippen LogP contribution in [0.25, 0.3) is 5.82 Å². The number of aromatic nitrogens is 3. The first-order valence-corrected chi connectivity index (χ1v) is 10.0. The third-order valence-corrected chi connectivity index (χ3v) is 4.40. The Morgan fingerprint density at radius 1 is 1.38 bits per heavy atom. The molecule has 0 bridgehead atoms. The lowest BCUT2D eigenvalue weighted by atomic mass is 10.2. The molecule has 160 valence electrons. The van der Waals surface area contributed by atoms with E-state index in [1.165, 1.54) is 0 Å². The highest BCUT2D eigenvalue weighted by molar-refractivity contribution is 14.0. The molecular weight excluding hydrogens is 483 g/mol. The summed E-state index contributed by atoms with van der Waals surface area (Å²) in [7, 11) is 0. The first-order chi connectivity index (χ1) is 13.8. The zero-order valence-electron chi connectivity index (χ0n) is 16.9. The van der Waals surface area contributed by atoms with Gasteiger partial charge in [-0.05, 0) is 49.9 Å². The van der Waals surface area contributed by atoms with E-state index in [2.05, 4.69) is 32.6 Å². The van der Waals surface area contributed by atoms with Crippen molar-refractivity contribution in [1.82, 2.24) is 25.4 Å². The number of pyridine rings is 1. The van der Waals surface area contributed by atoms with Crippen molar-refractivity contribution in [3.8, 4) is 5.82 Å². The molecule has 0 aromatic carbocycles. The molecule has 0 radical (unpaired) electrons. The fourth-order valence-corrected chi connectivity index (χ4v) is 2.97. The van der Waals surface area contributed by atoms with Crippen LogP contribution in [0.5, 0.6) is 0 Å². The maximum Gasteiger partial charge on any atom is 0.191 e. The molecule has 0 aliphatic carbocycles. The Bertz CT molecular complexity index is 720. The highest BCUT2D eigenvalue weighted by Gasteiger charge is 2.14. The summed E-state index contributed by atoms with van der Waals surface area (Å²) in [5.74, 6) is 1.60. The van der Waals surface area contributed by atoms with Gasteiger partial charge in [0.05, 0.1) is 19.3 Å². The van der Waals surface area contributed by atoms with Gasteiger partial charge in [0.25, 0.3) is 0 Å². The highest BCUT2D eigenvalue weighted by Crippen LogP contribution is 2.11. The zero-order chi connectivity index (χ0) is 19.4. The van der Waals surface area contributed by atoms with Crippen LogP contribution in [0.15, 0.2) is 41.8 Å². The molecule has 3 rings (SSSR count). The van der Waals surface area contributed by atoms with Crippen molar-refractivity contribution in [2.75, 3.05) is 32.9 Å². The van der Waals surface area contributed by atoms with E-state index in [-0.39, 0.29) is 24.0 Å². The van der Waals surface area contributed by atoms with E-state index in [0.717, 1.165) is 62.9 Å². The molecular formula is C20H31IN6O2. The molecule has 1 aliphatic rings. The minimum atomic E-state index is 0. The van der Waals surface area contributed by atoms with Crippen molar-refractivity contribution in [3.05, 3.63) is 42.4 Å². The van der Waals surface area contributed by atoms with Gasteiger partial charge in [-0.25, -0.2) is 14.7 Å². The highest BCUT2D eigenvalue weighted by atomic mass is 127. The largest absolute Gasteiger partial charge is 0.379 e. The smallest absolute Gasteiger partial charge is 0.191 e. The number of ether oxygens (including phenoxy) is 2. The monoisotopic (exact) mass is 514 g/mol. The van der Waals surface area contributed by atoms with Crippen LogP contribution in [0.3, 0.4) is 0 Å². The molecule has 3 heterocycles. The van der Waals surface area contributed by atoms with Crippen LogP contribution in [-0.2, 0) is 16.0 Å². The van der Waals surface area contributed by atoms with Gasteiger partial charge in [-0.1, -0.05) is 0 Å². The fraction of sp³-hybridized carbons (Fsp3) is 0.550. The number of rotatable bonds is 10. The van der Waals surface area contributed by atoms with Crippen molar-refractivity contribution in [2.45, 2.75) is 38.8 Å². The van der Waals surface area contributed by atoms with Crippen molar-refractivity contribution in [3.63, 3.8) is 0 Å². The summed E-state index contributed by atoms with van der Waals surface area (Å²) >= 11 is 0. The van der Waals surface area contributed by atoms with E-state index in [1.54, 1.807) is 17.1 Å². The molecule has 2 aromatic rings. The SMILES string of the molecule is CCNC(=NCc1ccnc(-n2cccn2)c1)NCCCOCC1CCCO1.I. The molecule has 9 heteroatoms. The third kappa shape index (κ3) is 8.27. The lowest BCUT2D eigenvalue weighted by Gasteiger charge is -2.13. The van der Waals surface area contributed by atoms with Crippen LogP contribution in [-0.4, -0.2) is 59.7 Å². The van der Waals surface area contributed by atoms with E-state index < -0.39 is 0 Å². The van der Waals surface area contributed by atoms with Crippen molar-refractivity contribution < 1.29 is 9.47 Å². The van der Waals surface area contributed by atoms with Gasteiger partial charge in [0.1, 0.15) is 0 Å². The van der Waals surface area contributed by atoms with Gasteiger partial charge in [0.15, 0.2) is 11.8 Å². The molecule has 0 spiro atoms. The quantitative estimate of drug-likeness (QED) is 0.220. The summed E-state index contributed by atoms with van der Waals surface area (Å²) in [4.78, 5) is 9.01. The van der Waals surface area contributed by atoms with Gasteiger partial charge in [0.2, 0.25) is 0 Å². The molecule has 0 saturated carbocycles. The number of hydrogen-bond donors (Lipinski definition) is 2. The van der Waals surface area contributed by atoms with Crippen LogP contribution >= 0.6 is 24.0 Å².